The molecule has 1 aliphatic heterocycles. The number of ether oxygens (including phenoxy) is 2. The van der Waals surface area contributed by atoms with E-state index in [9.17, 15) is 4.79 Å². The quantitative estimate of drug-likeness (QED) is 0.445. The molecule has 3 rings (SSSR count). The van der Waals surface area contributed by atoms with Crippen molar-refractivity contribution in [1.29, 1.82) is 0 Å². The zero-order valence-electron chi connectivity index (χ0n) is 16.9. The molecule has 0 aliphatic carbocycles. The normalized spacial score (nSPS) is 15.1. The van der Waals surface area contributed by atoms with Gasteiger partial charge in [-0.15, -0.1) is 0 Å². The maximum Gasteiger partial charge on any atom is 0.276 e. The van der Waals surface area contributed by atoms with Gasteiger partial charge in [0.15, 0.2) is 5.11 Å². The monoisotopic (exact) mass is 464 g/mol. The molecule has 1 heterocycles. The molecular weight excluding hydrogens is 443 g/mol. The van der Waals surface area contributed by atoms with Crippen molar-refractivity contribution in [3.8, 4) is 11.5 Å². The van der Waals surface area contributed by atoms with E-state index in [4.69, 9.17) is 44.9 Å². The molecule has 0 unspecified atom stereocenters. The van der Waals surface area contributed by atoms with Gasteiger partial charge in [-0.2, -0.15) is 0 Å². The van der Waals surface area contributed by atoms with Crippen LogP contribution in [0.2, 0.25) is 10.0 Å². The van der Waals surface area contributed by atoms with Crippen LogP contribution in [-0.4, -0.2) is 29.6 Å². The lowest BCUT2D eigenvalue weighted by atomic mass is 10.1. The first kappa shape index (κ1) is 22.4. The summed E-state index contributed by atoms with van der Waals surface area (Å²) in [5.74, 6) is 1.38. The summed E-state index contributed by atoms with van der Waals surface area (Å²) in [4.78, 5) is 14.3. The predicted molar refractivity (Wildman–Crippen MR) is 124 cm³/mol. The number of nitrogens with zero attached hydrogens (tertiary/aromatic N) is 1. The van der Waals surface area contributed by atoms with Gasteiger partial charge in [-0.1, -0.05) is 43.1 Å². The molecule has 0 spiro atoms. The van der Waals surface area contributed by atoms with Crippen molar-refractivity contribution in [3.05, 3.63) is 63.3 Å². The highest BCUT2D eigenvalue weighted by atomic mass is 35.5. The van der Waals surface area contributed by atoms with Gasteiger partial charge in [-0.3, -0.25) is 9.69 Å². The Morgan fingerprint density at radius 2 is 1.90 bits per heavy atom. The number of hydrogen-bond acceptors (Lipinski definition) is 4. The molecule has 0 atom stereocenters. The van der Waals surface area contributed by atoms with Crippen LogP contribution >= 0.6 is 35.4 Å². The smallest absolute Gasteiger partial charge is 0.276 e. The summed E-state index contributed by atoms with van der Waals surface area (Å²) in [7, 11) is 1.59. The summed E-state index contributed by atoms with van der Waals surface area (Å²) in [6.07, 6.45) is 1.77. The van der Waals surface area contributed by atoms with Crippen LogP contribution in [0.4, 0.5) is 0 Å². The van der Waals surface area contributed by atoms with Gasteiger partial charge in [-0.25, -0.2) is 0 Å². The van der Waals surface area contributed by atoms with Crippen molar-refractivity contribution in [1.82, 2.24) is 10.2 Å². The molecule has 0 aromatic heterocycles. The minimum Gasteiger partial charge on any atom is -0.496 e. The Balaban J connectivity index is 1.81. The third kappa shape index (κ3) is 5.25. The van der Waals surface area contributed by atoms with Gasteiger partial charge in [0.1, 0.15) is 23.8 Å². The minimum absolute atomic E-state index is 0.129. The third-order valence-electron chi connectivity index (χ3n) is 4.40. The SMILES string of the molecule is COc1ccc(/C=C2/NC(=S)N(CC(C)C)C2=O)cc1COc1ccc(Cl)cc1Cl. The maximum atomic E-state index is 12.7. The molecule has 1 fully saturated rings. The molecule has 0 saturated carbocycles. The highest BCUT2D eigenvalue weighted by Gasteiger charge is 2.30. The van der Waals surface area contributed by atoms with Gasteiger partial charge in [0.05, 0.1) is 12.1 Å². The Hall–Kier alpha value is -2.28. The molecule has 1 aliphatic rings. The predicted octanol–water partition coefficient (Wildman–Crippen LogP) is 5.29. The van der Waals surface area contributed by atoms with Crippen LogP contribution in [-0.2, 0) is 11.4 Å². The number of thiocarbonyl (C=S) groups is 1. The molecule has 5 nitrogen and oxygen atoms in total. The second-order valence-corrected chi connectivity index (χ2v) is 8.46. The molecule has 30 heavy (non-hydrogen) atoms. The summed E-state index contributed by atoms with van der Waals surface area (Å²) in [5.41, 5.74) is 2.07. The van der Waals surface area contributed by atoms with E-state index in [1.807, 2.05) is 32.0 Å². The summed E-state index contributed by atoms with van der Waals surface area (Å²) in [5, 5.41) is 4.40. The van der Waals surface area contributed by atoms with E-state index >= 15 is 0 Å². The summed E-state index contributed by atoms with van der Waals surface area (Å²) in [6.45, 7) is 4.90. The summed E-state index contributed by atoms with van der Waals surface area (Å²) < 4.78 is 11.3. The second kappa shape index (κ2) is 9.69. The number of benzene rings is 2. The van der Waals surface area contributed by atoms with E-state index in [1.54, 1.807) is 36.3 Å². The highest BCUT2D eigenvalue weighted by molar-refractivity contribution is 7.80. The summed E-state index contributed by atoms with van der Waals surface area (Å²) >= 11 is 17.4. The van der Waals surface area contributed by atoms with Crippen LogP contribution in [0, 0.1) is 5.92 Å². The summed E-state index contributed by atoms with van der Waals surface area (Å²) in [6, 6.07) is 10.7. The number of rotatable bonds is 7. The second-order valence-electron chi connectivity index (χ2n) is 7.23. The molecule has 1 amide bonds. The lowest BCUT2D eigenvalue weighted by molar-refractivity contribution is -0.122. The molecule has 158 valence electrons. The lowest BCUT2D eigenvalue weighted by Crippen LogP contribution is -2.33. The van der Waals surface area contributed by atoms with E-state index in [1.165, 1.54) is 0 Å². The van der Waals surface area contributed by atoms with Crippen LogP contribution in [0.15, 0.2) is 42.1 Å². The fourth-order valence-corrected chi connectivity index (χ4v) is 3.75. The Bertz CT molecular complexity index is 1010. The fraction of sp³-hybridized carbons (Fsp3) is 0.273. The van der Waals surface area contributed by atoms with Gasteiger partial charge in [0.25, 0.3) is 5.91 Å². The molecule has 1 saturated heterocycles. The Kier molecular flexibility index (Phi) is 7.23. The van der Waals surface area contributed by atoms with Crippen LogP contribution in [0.25, 0.3) is 6.08 Å². The van der Waals surface area contributed by atoms with Crippen molar-refractivity contribution >= 4 is 52.5 Å². The maximum absolute atomic E-state index is 12.7. The number of halogens is 2. The average Bonchev–Trinajstić information content (AvgIpc) is 2.94. The van der Waals surface area contributed by atoms with Crippen LogP contribution in [0.5, 0.6) is 11.5 Å². The Morgan fingerprint density at radius 3 is 2.57 bits per heavy atom. The van der Waals surface area contributed by atoms with Crippen molar-refractivity contribution < 1.29 is 14.3 Å². The van der Waals surface area contributed by atoms with E-state index in [0.29, 0.717) is 44.8 Å². The van der Waals surface area contributed by atoms with Gasteiger partial charge < -0.3 is 14.8 Å². The molecule has 0 bridgehead atoms. The standard InChI is InChI=1S/C22H22Cl2N2O3S/c1-13(2)11-26-21(27)18(25-22(26)30)9-14-4-6-19(28-3)15(8-14)12-29-20-7-5-16(23)10-17(20)24/h4-10,13H,11-12H2,1-3H3,(H,25,30)/b18-9+. The first-order valence-corrected chi connectivity index (χ1v) is 10.5. The topological polar surface area (TPSA) is 50.8 Å². The van der Waals surface area contributed by atoms with Gasteiger partial charge >= 0.3 is 0 Å². The third-order valence-corrected chi connectivity index (χ3v) is 5.26. The van der Waals surface area contributed by atoms with Crippen molar-refractivity contribution in [2.45, 2.75) is 20.5 Å². The number of amides is 1. The van der Waals surface area contributed by atoms with E-state index < -0.39 is 0 Å². The molecule has 0 radical (unpaired) electrons. The fourth-order valence-electron chi connectivity index (χ4n) is 3.02. The molecule has 1 N–H and O–H groups in total. The zero-order chi connectivity index (χ0) is 21.8. The Labute approximate surface area is 191 Å². The lowest BCUT2D eigenvalue weighted by Gasteiger charge is -2.16. The Morgan fingerprint density at radius 1 is 1.17 bits per heavy atom. The number of nitrogens with one attached hydrogen (secondary N) is 1. The number of carbonyl (C=O) groups excluding carboxylic acids is 1. The van der Waals surface area contributed by atoms with E-state index in [2.05, 4.69) is 5.32 Å². The van der Waals surface area contributed by atoms with E-state index in [0.717, 1.165) is 11.1 Å². The molecule has 8 heteroatoms. The molecule has 2 aromatic rings. The first-order valence-electron chi connectivity index (χ1n) is 9.37. The van der Waals surface area contributed by atoms with Gasteiger partial charge in [0.2, 0.25) is 0 Å². The van der Waals surface area contributed by atoms with Gasteiger partial charge in [0, 0.05) is 17.1 Å². The van der Waals surface area contributed by atoms with Crippen molar-refractivity contribution in [2.75, 3.05) is 13.7 Å². The van der Waals surface area contributed by atoms with Crippen LogP contribution in [0.1, 0.15) is 25.0 Å². The number of carbonyl (C=O) groups is 1. The van der Waals surface area contributed by atoms with Crippen molar-refractivity contribution in [3.63, 3.8) is 0 Å². The molecule has 2 aromatic carbocycles. The first-order chi connectivity index (χ1) is 14.3. The minimum atomic E-state index is -0.129. The van der Waals surface area contributed by atoms with Crippen molar-refractivity contribution in [2.24, 2.45) is 5.92 Å². The largest absolute Gasteiger partial charge is 0.496 e. The number of methoxy groups -OCH3 is 1. The zero-order valence-corrected chi connectivity index (χ0v) is 19.2. The van der Waals surface area contributed by atoms with Gasteiger partial charge in [-0.05, 0) is 60.1 Å². The molecular formula is C22H22Cl2N2O3S. The number of hydrogen-bond donors (Lipinski definition) is 1. The van der Waals surface area contributed by atoms with Crippen LogP contribution < -0.4 is 14.8 Å². The average molecular weight is 465 g/mol. The van der Waals surface area contributed by atoms with E-state index in [-0.39, 0.29) is 12.5 Å². The van der Waals surface area contributed by atoms with Crippen LogP contribution in [0.3, 0.4) is 0 Å². The highest BCUT2D eigenvalue weighted by Crippen LogP contribution is 2.30.